The first-order valence-electron chi connectivity index (χ1n) is 2.18. The van der Waals surface area contributed by atoms with Crippen molar-refractivity contribution in [1.82, 2.24) is 0 Å². The molecule has 1 aromatic heterocycles. The van der Waals surface area contributed by atoms with Gasteiger partial charge in [-0.3, -0.25) is 0 Å². The molecule has 44 valence electrons. The smallest absolute Gasteiger partial charge is 0.0705 e. The van der Waals surface area contributed by atoms with Gasteiger partial charge in [-0.15, -0.1) is 11.3 Å². The molecule has 0 N–H and O–H groups in total. The summed E-state index contributed by atoms with van der Waals surface area (Å²) in [4.78, 5) is 1.39. The maximum atomic E-state index is 2.29. The van der Waals surface area contributed by atoms with Crippen LogP contribution in [0.4, 0.5) is 0 Å². The van der Waals surface area contributed by atoms with Crippen LogP contribution in [0.2, 0.25) is 0 Å². The summed E-state index contributed by atoms with van der Waals surface area (Å²) in [7, 11) is 1.78. The predicted molar refractivity (Wildman–Crippen MR) is 48.9 cm³/mol. The van der Waals surface area contributed by atoms with Gasteiger partial charge in [0, 0.05) is 26.1 Å². The van der Waals surface area contributed by atoms with E-state index in [1.807, 2.05) is 11.3 Å². The molecule has 0 radical (unpaired) electrons. The zero-order valence-electron chi connectivity index (χ0n) is 4.35. The Balaban J connectivity index is 2.84. The highest BCUT2D eigenvalue weighted by molar-refractivity contribution is 14.2. The summed E-state index contributed by atoms with van der Waals surface area (Å²) in [6, 6.07) is 4.29. The maximum absolute atomic E-state index is 2.29. The average molecular weight is 256 g/mol. The molecule has 0 nitrogen and oxygen atoms in total. The van der Waals surface area contributed by atoms with Crippen LogP contribution in [-0.2, 0) is 0 Å². The van der Waals surface area contributed by atoms with Crippen LogP contribution >= 0.6 is 41.5 Å². The van der Waals surface area contributed by atoms with Gasteiger partial charge in [-0.2, -0.15) is 0 Å². The monoisotopic (exact) mass is 256 g/mol. The summed E-state index contributed by atoms with van der Waals surface area (Å²) >= 11 is 4.14. The molecule has 8 heavy (non-hydrogen) atoms. The molecule has 0 unspecified atom stereocenters. The lowest BCUT2D eigenvalue weighted by Gasteiger charge is -1.78. The van der Waals surface area contributed by atoms with Crippen molar-refractivity contribution in [3.8, 4) is 0 Å². The van der Waals surface area contributed by atoms with Crippen LogP contribution < -0.4 is 0 Å². The fourth-order valence-electron chi connectivity index (χ4n) is 0.454. The van der Waals surface area contributed by atoms with Gasteiger partial charge in [0.05, 0.1) is 4.21 Å². The zero-order valence-corrected chi connectivity index (χ0v) is 8.14. The number of hydrogen-bond acceptors (Lipinski definition) is 2. The van der Waals surface area contributed by atoms with Crippen molar-refractivity contribution in [3.63, 3.8) is 0 Å². The Morgan fingerprint density at radius 2 is 2.38 bits per heavy atom. The van der Waals surface area contributed by atoms with E-state index in [0.717, 1.165) is 0 Å². The number of hydrogen-bond donors (Lipinski definition) is 0. The molecule has 1 aromatic rings. The molecule has 3 heteroatoms. The Kier molecular flexibility index (Phi) is 2.65. The summed E-state index contributed by atoms with van der Waals surface area (Å²) in [5, 5.41) is 0. The molecule has 0 atom stereocenters. The summed E-state index contributed by atoms with van der Waals surface area (Å²) in [5.41, 5.74) is 0. The molecule has 0 amide bonds. The van der Waals surface area contributed by atoms with E-state index in [9.17, 15) is 0 Å². The Morgan fingerprint density at radius 3 is 2.62 bits per heavy atom. The van der Waals surface area contributed by atoms with Crippen molar-refractivity contribution in [2.75, 3.05) is 0 Å². The standard InChI is InChI=1S/C5H5IS2/c1-4-2-3-5(7-4)8-6/h2-3H,1H3. The molecule has 0 aliphatic carbocycles. The maximum Gasteiger partial charge on any atom is 0.0705 e. The van der Waals surface area contributed by atoms with Crippen LogP contribution in [0.25, 0.3) is 0 Å². The van der Waals surface area contributed by atoms with Crippen molar-refractivity contribution in [3.05, 3.63) is 17.0 Å². The van der Waals surface area contributed by atoms with E-state index in [2.05, 4.69) is 40.3 Å². The molecule has 0 saturated heterocycles. The number of aryl methyl sites for hydroxylation is 1. The van der Waals surface area contributed by atoms with Gasteiger partial charge in [0.1, 0.15) is 0 Å². The molecule has 0 aliphatic rings. The second-order valence-electron chi connectivity index (χ2n) is 1.44. The van der Waals surface area contributed by atoms with Crippen LogP contribution in [-0.4, -0.2) is 0 Å². The van der Waals surface area contributed by atoms with Crippen LogP contribution in [0.15, 0.2) is 16.3 Å². The molecular weight excluding hydrogens is 251 g/mol. The van der Waals surface area contributed by atoms with Gasteiger partial charge < -0.3 is 0 Å². The molecule has 1 rings (SSSR count). The zero-order chi connectivity index (χ0) is 5.98. The van der Waals surface area contributed by atoms with Crippen molar-refractivity contribution in [1.29, 1.82) is 0 Å². The Labute approximate surface area is 69.3 Å². The third-order valence-corrected chi connectivity index (χ3v) is 4.70. The molecular formula is C5H5IS2. The Hall–Kier alpha value is 0.780. The summed E-state index contributed by atoms with van der Waals surface area (Å²) in [6.45, 7) is 2.13. The first-order chi connectivity index (χ1) is 3.83. The predicted octanol–water partition coefficient (Wildman–Crippen LogP) is 3.50. The second-order valence-corrected chi connectivity index (χ2v) is 4.90. The number of halogens is 1. The minimum absolute atomic E-state index is 1.39. The van der Waals surface area contributed by atoms with Gasteiger partial charge in [0.2, 0.25) is 0 Å². The fraction of sp³-hybridized carbons (Fsp3) is 0.200. The summed E-state index contributed by atoms with van der Waals surface area (Å²) in [6.07, 6.45) is 0. The van der Waals surface area contributed by atoms with E-state index in [0.29, 0.717) is 0 Å². The van der Waals surface area contributed by atoms with E-state index in [4.69, 9.17) is 0 Å². The molecule has 0 spiro atoms. The highest BCUT2D eigenvalue weighted by Crippen LogP contribution is 2.31. The first-order valence-corrected chi connectivity index (χ1v) is 6.35. The lowest BCUT2D eigenvalue weighted by Crippen LogP contribution is -1.43. The Morgan fingerprint density at radius 1 is 1.62 bits per heavy atom. The van der Waals surface area contributed by atoms with Crippen molar-refractivity contribution in [2.24, 2.45) is 0 Å². The van der Waals surface area contributed by atoms with Crippen molar-refractivity contribution >= 4 is 41.5 Å². The molecule has 0 fully saturated rings. The topological polar surface area (TPSA) is 0 Å². The highest BCUT2D eigenvalue weighted by Gasteiger charge is 1.91. The summed E-state index contributed by atoms with van der Waals surface area (Å²) < 4.78 is 1.39. The van der Waals surface area contributed by atoms with Gasteiger partial charge in [0.25, 0.3) is 0 Å². The van der Waals surface area contributed by atoms with E-state index < -0.39 is 0 Å². The quantitative estimate of drug-likeness (QED) is 0.693. The van der Waals surface area contributed by atoms with Gasteiger partial charge >= 0.3 is 0 Å². The second kappa shape index (κ2) is 3.08. The molecule has 0 aromatic carbocycles. The average Bonchev–Trinajstić information content (AvgIpc) is 2.14. The van der Waals surface area contributed by atoms with Gasteiger partial charge in [-0.25, -0.2) is 0 Å². The number of rotatable bonds is 1. The lowest BCUT2D eigenvalue weighted by atomic mass is 10.5. The van der Waals surface area contributed by atoms with Crippen LogP contribution in [0.1, 0.15) is 4.88 Å². The van der Waals surface area contributed by atoms with E-state index >= 15 is 0 Å². The van der Waals surface area contributed by atoms with Crippen LogP contribution in [0.5, 0.6) is 0 Å². The van der Waals surface area contributed by atoms with Crippen molar-refractivity contribution in [2.45, 2.75) is 11.1 Å². The summed E-state index contributed by atoms with van der Waals surface area (Å²) in [5.74, 6) is 0. The van der Waals surface area contributed by atoms with Crippen molar-refractivity contribution < 1.29 is 0 Å². The van der Waals surface area contributed by atoms with Gasteiger partial charge in [0.15, 0.2) is 0 Å². The number of thiophene rings is 1. The van der Waals surface area contributed by atoms with Gasteiger partial charge in [-0.1, -0.05) is 0 Å². The Bertz CT molecular complexity index is 171. The van der Waals surface area contributed by atoms with Crippen LogP contribution in [0, 0.1) is 6.92 Å². The minimum Gasteiger partial charge on any atom is -0.133 e. The lowest BCUT2D eigenvalue weighted by molar-refractivity contribution is 1.63. The SMILES string of the molecule is Cc1ccc(SI)s1. The van der Waals surface area contributed by atoms with Gasteiger partial charge in [-0.05, 0) is 28.0 Å². The fourth-order valence-corrected chi connectivity index (χ4v) is 2.93. The highest BCUT2D eigenvalue weighted by atomic mass is 127. The third kappa shape index (κ3) is 1.63. The third-order valence-electron chi connectivity index (χ3n) is 0.792. The molecule has 1 heterocycles. The molecule has 0 bridgehead atoms. The molecule has 0 saturated carbocycles. The van der Waals surface area contributed by atoms with E-state index in [1.165, 1.54) is 9.09 Å². The van der Waals surface area contributed by atoms with Crippen LogP contribution in [0.3, 0.4) is 0 Å². The minimum atomic E-state index is 1.39. The largest absolute Gasteiger partial charge is 0.133 e. The first kappa shape index (κ1) is 6.89. The normalized spacial score (nSPS) is 9.75. The molecule has 0 aliphatic heterocycles. The van der Waals surface area contributed by atoms with E-state index in [1.54, 1.807) is 8.93 Å². The van der Waals surface area contributed by atoms with E-state index in [-0.39, 0.29) is 0 Å².